The first-order chi connectivity index (χ1) is 9.61. The molecular formula is C15H11IN2O2. The summed E-state index contributed by atoms with van der Waals surface area (Å²) >= 11 is 2.19. The number of hydrogen-bond donors (Lipinski definition) is 2. The molecule has 0 aliphatic heterocycles. The molecule has 0 fully saturated rings. The van der Waals surface area contributed by atoms with Gasteiger partial charge in [-0.15, -0.1) is 0 Å². The molecule has 3 N–H and O–H groups in total. The first-order valence-corrected chi connectivity index (χ1v) is 7.06. The summed E-state index contributed by atoms with van der Waals surface area (Å²) in [7, 11) is 0. The lowest BCUT2D eigenvalue weighted by Gasteiger charge is -2.02. The van der Waals surface area contributed by atoms with Gasteiger partial charge in [0.25, 0.3) is 5.91 Å². The fourth-order valence-corrected chi connectivity index (χ4v) is 2.48. The predicted molar refractivity (Wildman–Crippen MR) is 87.7 cm³/mol. The van der Waals surface area contributed by atoms with Crippen LogP contribution in [0.4, 0.5) is 11.4 Å². The summed E-state index contributed by atoms with van der Waals surface area (Å²) in [5, 5.41) is 3.62. The number of nitrogens with two attached hydrogens (primary N) is 1. The molecule has 0 saturated carbocycles. The molecule has 4 nitrogen and oxygen atoms in total. The van der Waals surface area contributed by atoms with Crippen molar-refractivity contribution in [3.63, 3.8) is 0 Å². The summed E-state index contributed by atoms with van der Waals surface area (Å²) in [6.07, 6.45) is 0. The predicted octanol–water partition coefficient (Wildman–Crippen LogP) is 3.87. The maximum Gasteiger partial charge on any atom is 0.291 e. The molecule has 3 rings (SSSR count). The van der Waals surface area contributed by atoms with Gasteiger partial charge in [0.05, 0.1) is 0 Å². The molecule has 1 amide bonds. The summed E-state index contributed by atoms with van der Waals surface area (Å²) in [6, 6.07) is 14.5. The van der Waals surface area contributed by atoms with Gasteiger partial charge in [-0.1, -0.05) is 6.07 Å². The van der Waals surface area contributed by atoms with Crippen LogP contribution in [0.25, 0.3) is 11.0 Å². The zero-order chi connectivity index (χ0) is 14.1. The van der Waals surface area contributed by atoms with Gasteiger partial charge >= 0.3 is 0 Å². The van der Waals surface area contributed by atoms with Gasteiger partial charge in [-0.3, -0.25) is 4.79 Å². The first-order valence-electron chi connectivity index (χ1n) is 5.98. The largest absolute Gasteiger partial charge is 0.451 e. The Hall–Kier alpha value is -2.02. The number of nitrogen functional groups attached to an aromatic ring is 1. The number of benzene rings is 2. The number of rotatable bonds is 2. The average molecular weight is 378 g/mol. The highest BCUT2D eigenvalue weighted by Crippen LogP contribution is 2.22. The van der Waals surface area contributed by atoms with Gasteiger partial charge in [0.15, 0.2) is 5.76 Å². The molecular weight excluding hydrogens is 367 g/mol. The average Bonchev–Trinajstić information content (AvgIpc) is 2.81. The number of carbonyl (C=O) groups is 1. The third-order valence-corrected chi connectivity index (χ3v) is 3.52. The van der Waals surface area contributed by atoms with Gasteiger partial charge in [-0.2, -0.15) is 0 Å². The van der Waals surface area contributed by atoms with Crippen molar-refractivity contribution in [2.75, 3.05) is 11.1 Å². The quantitative estimate of drug-likeness (QED) is 0.526. The van der Waals surface area contributed by atoms with Gasteiger partial charge in [-0.25, -0.2) is 0 Å². The maximum absolute atomic E-state index is 12.1. The zero-order valence-electron chi connectivity index (χ0n) is 10.4. The van der Waals surface area contributed by atoms with Crippen molar-refractivity contribution in [3.8, 4) is 0 Å². The zero-order valence-corrected chi connectivity index (χ0v) is 12.5. The molecule has 3 aromatic rings. The maximum atomic E-state index is 12.1. The highest BCUT2D eigenvalue weighted by Gasteiger charge is 2.12. The molecule has 1 aromatic heterocycles. The Bertz CT molecular complexity index is 795. The van der Waals surface area contributed by atoms with Crippen molar-refractivity contribution in [1.82, 2.24) is 0 Å². The normalized spacial score (nSPS) is 10.7. The standard InChI is InChI=1S/C15H11IN2O2/c16-10-2-1-3-12(8-10)18-15(19)14-7-9-6-11(17)4-5-13(9)20-14/h1-8H,17H2,(H,18,19). The second-order valence-electron chi connectivity index (χ2n) is 4.37. The number of furan rings is 1. The fraction of sp³-hybridized carbons (Fsp3) is 0. The molecule has 20 heavy (non-hydrogen) atoms. The number of anilines is 2. The van der Waals surface area contributed by atoms with E-state index in [1.54, 1.807) is 24.3 Å². The molecule has 0 spiro atoms. The minimum Gasteiger partial charge on any atom is -0.451 e. The van der Waals surface area contributed by atoms with Crippen molar-refractivity contribution >= 4 is 50.8 Å². The Morgan fingerprint density at radius 3 is 2.80 bits per heavy atom. The number of fused-ring (bicyclic) bond motifs is 1. The van der Waals surface area contributed by atoms with E-state index in [0.29, 0.717) is 11.3 Å². The monoisotopic (exact) mass is 378 g/mol. The molecule has 2 aromatic carbocycles. The lowest BCUT2D eigenvalue weighted by Crippen LogP contribution is -2.10. The van der Waals surface area contributed by atoms with Gasteiger partial charge in [-0.05, 0) is 65.1 Å². The van der Waals surface area contributed by atoms with Gasteiger partial charge in [0.1, 0.15) is 5.58 Å². The second-order valence-corrected chi connectivity index (χ2v) is 5.62. The lowest BCUT2D eigenvalue weighted by molar-refractivity contribution is 0.0998. The molecule has 100 valence electrons. The van der Waals surface area contributed by atoms with Crippen LogP contribution in [0, 0.1) is 3.57 Å². The number of halogens is 1. The van der Waals surface area contributed by atoms with E-state index in [4.69, 9.17) is 10.2 Å². The SMILES string of the molecule is Nc1ccc2oc(C(=O)Nc3cccc(I)c3)cc2c1. The molecule has 0 radical (unpaired) electrons. The van der Waals surface area contributed by atoms with Gasteiger partial charge in [0, 0.05) is 20.3 Å². The first kappa shape index (κ1) is 13.0. The number of amides is 1. The van der Waals surface area contributed by atoms with E-state index in [9.17, 15) is 4.79 Å². The smallest absolute Gasteiger partial charge is 0.291 e. The highest BCUT2D eigenvalue weighted by molar-refractivity contribution is 14.1. The summed E-state index contributed by atoms with van der Waals surface area (Å²) in [6.45, 7) is 0. The van der Waals surface area contributed by atoms with Crippen LogP contribution in [0.5, 0.6) is 0 Å². The Balaban J connectivity index is 1.88. The van der Waals surface area contributed by atoms with Crippen molar-refractivity contribution < 1.29 is 9.21 Å². The molecule has 1 heterocycles. The third-order valence-electron chi connectivity index (χ3n) is 2.85. The topological polar surface area (TPSA) is 68.3 Å². The van der Waals surface area contributed by atoms with E-state index in [0.717, 1.165) is 14.6 Å². The van der Waals surface area contributed by atoms with E-state index in [1.165, 1.54) is 0 Å². The molecule has 0 saturated heterocycles. The van der Waals surface area contributed by atoms with Crippen LogP contribution in [0.1, 0.15) is 10.6 Å². The number of hydrogen-bond acceptors (Lipinski definition) is 3. The van der Waals surface area contributed by atoms with Crippen LogP contribution in [0.3, 0.4) is 0 Å². The van der Waals surface area contributed by atoms with Crippen LogP contribution in [0.2, 0.25) is 0 Å². The Kier molecular flexibility index (Phi) is 3.35. The van der Waals surface area contributed by atoms with Crippen LogP contribution < -0.4 is 11.1 Å². The van der Waals surface area contributed by atoms with Crippen LogP contribution in [-0.4, -0.2) is 5.91 Å². The Morgan fingerprint density at radius 2 is 2.00 bits per heavy atom. The minimum absolute atomic E-state index is 0.268. The van der Waals surface area contributed by atoms with E-state index in [2.05, 4.69) is 27.9 Å². The lowest BCUT2D eigenvalue weighted by atomic mass is 10.2. The van der Waals surface area contributed by atoms with E-state index < -0.39 is 0 Å². The van der Waals surface area contributed by atoms with Crippen LogP contribution in [0.15, 0.2) is 52.9 Å². The molecule has 0 unspecified atom stereocenters. The van der Waals surface area contributed by atoms with Crippen molar-refractivity contribution in [2.45, 2.75) is 0 Å². The summed E-state index contributed by atoms with van der Waals surface area (Å²) in [5.41, 5.74) is 7.73. The van der Waals surface area contributed by atoms with E-state index in [-0.39, 0.29) is 11.7 Å². The van der Waals surface area contributed by atoms with Gasteiger partial charge < -0.3 is 15.5 Å². The summed E-state index contributed by atoms with van der Waals surface area (Å²) in [5.74, 6) is -0.00812. The summed E-state index contributed by atoms with van der Waals surface area (Å²) in [4.78, 5) is 12.1. The van der Waals surface area contributed by atoms with Crippen LogP contribution in [-0.2, 0) is 0 Å². The highest BCUT2D eigenvalue weighted by atomic mass is 127. The van der Waals surface area contributed by atoms with E-state index >= 15 is 0 Å². The molecule has 0 aliphatic rings. The number of nitrogens with one attached hydrogen (secondary N) is 1. The molecule has 0 atom stereocenters. The van der Waals surface area contributed by atoms with E-state index in [1.807, 2.05) is 24.3 Å². The van der Waals surface area contributed by atoms with Crippen molar-refractivity contribution in [3.05, 3.63) is 57.9 Å². The minimum atomic E-state index is -0.276. The molecule has 5 heteroatoms. The van der Waals surface area contributed by atoms with Crippen molar-refractivity contribution in [2.24, 2.45) is 0 Å². The van der Waals surface area contributed by atoms with Crippen LogP contribution >= 0.6 is 22.6 Å². The summed E-state index contributed by atoms with van der Waals surface area (Å²) < 4.78 is 6.57. The molecule has 0 bridgehead atoms. The Morgan fingerprint density at radius 1 is 1.15 bits per heavy atom. The fourth-order valence-electron chi connectivity index (χ4n) is 1.93. The third kappa shape index (κ3) is 2.62. The number of carbonyl (C=O) groups excluding carboxylic acids is 1. The molecule has 0 aliphatic carbocycles. The van der Waals surface area contributed by atoms with Crippen molar-refractivity contribution in [1.29, 1.82) is 0 Å². The Labute approximate surface area is 129 Å². The van der Waals surface area contributed by atoms with Gasteiger partial charge in [0.2, 0.25) is 0 Å². The second kappa shape index (κ2) is 5.16.